The molecule has 6 nitrogen and oxygen atoms in total. The molecular formula is C11H19Cl2N5O. The molecule has 0 aliphatic carbocycles. The zero-order valence-corrected chi connectivity index (χ0v) is 12.3. The molecule has 108 valence electrons. The summed E-state index contributed by atoms with van der Waals surface area (Å²) < 4.78 is 0. The molecule has 2 atom stereocenters. The molecule has 19 heavy (non-hydrogen) atoms. The number of aromatic nitrogens is 2. The number of nitrogens with two attached hydrogens (primary N) is 1. The third-order valence-corrected chi connectivity index (χ3v) is 2.90. The summed E-state index contributed by atoms with van der Waals surface area (Å²) in [5.74, 6) is -0.0679. The largest absolute Gasteiger partial charge is 0.382 e. The lowest BCUT2D eigenvalue weighted by atomic mass is 10.0. The van der Waals surface area contributed by atoms with E-state index in [4.69, 9.17) is 5.73 Å². The predicted molar refractivity (Wildman–Crippen MR) is 78.9 cm³/mol. The summed E-state index contributed by atoms with van der Waals surface area (Å²) in [5, 5.41) is 6.28. The SMILES string of the molecule is CC1CC(NC(=O)c2nccnc2N)CCN1.Cl.Cl. The Labute approximate surface area is 124 Å². The summed E-state index contributed by atoms with van der Waals surface area (Å²) >= 11 is 0. The highest BCUT2D eigenvalue weighted by Crippen LogP contribution is 2.10. The molecule has 1 aromatic rings. The predicted octanol–water partition coefficient (Wildman–Crippen LogP) is 0.773. The molecule has 1 amide bonds. The second-order valence-electron chi connectivity index (χ2n) is 4.34. The van der Waals surface area contributed by atoms with Crippen LogP contribution in [0.3, 0.4) is 0 Å². The van der Waals surface area contributed by atoms with Gasteiger partial charge in [-0.3, -0.25) is 4.79 Å². The molecule has 2 rings (SSSR count). The van der Waals surface area contributed by atoms with Gasteiger partial charge in [0, 0.05) is 24.5 Å². The topological polar surface area (TPSA) is 92.9 Å². The maximum atomic E-state index is 11.9. The van der Waals surface area contributed by atoms with E-state index in [-0.39, 0.29) is 48.3 Å². The molecule has 8 heteroatoms. The zero-order valence-electron chi connectivity index (χ0n) is 10.6. The van der Waals surface area contributed by atoms with Crippen LogP contribution in [0.15, 0.2) is 12.4 Å². The normalized spacial score (nSPS) is 21.7. The van der Waals surface area contributed by atoms with Crippen molar-refractivity contribution in [1.82, 2.24) is 20.6 Å². The van der Waals surface area contributed by atoms with Gasteiger partial charge in [0.25, 0.3) is 5.91 Å². The number of carbonyl (C=O) groups is 1. The summed E-state index contributed by atoms with van der Waals surface area (Å²) in [4.78, 5) is 19.7. The molecule has 1 aliphatic rings. The van der Waals surface area contributed by atoms with Gasteiger partial charge in [0.1, 0.15) is 0 Å². The number of anilines is 1. The number of rotatable bonds is 2. The number of carbonyl (C=O) groups excluding carboxylic acids is 1. The van der Waals surface area contributed by atoms with Crippen molar-refractivity contribution < 1.29 is 4.79 Å². The molecule has 0 bridgehead atoms. The molecule has 0 radical (unpaired) electrons. The Morgan fingerprint density at radius 1 is 1.42 bits per heavy atom. The minimum Gasteiger partial charge on any atom is -0.382 e. The summed E-state index contributed by atoms with van der Waals surface area (Å²) in [5.41, 5.74) is 5.81. The van der Waals surface area contributed by atoms with Gasteiger partial charge in [0.05, 0.1) is 0 Å². The van der Waals surface area contributed by atoms with Crippen molar-refractivity contribution in [2.75, 3.05) is 12.3 Å². The number of nitrogen functional groups attached to an aromatic ring is 1. The van der Waals surface area contributed by atoms with E-state index in [1.54, 1.807) is 0 Å². The third kappa shape index (κ3) is 4.81. The van der Waals surface area contributed by atoms with E-state index < -0.39 is 0 Å². The lowest BCUT2D eigenvalue weighted by Gasteiger charge is -2.28. The Balaban J connectivity index is 0.00000162. The first-order valence-corrected chi connectivity index (χ1v) is 5.77. The van der Waals surface area contributed by atoms with Gasteiger partial charge in [-0.25, -0.2) is 9.97 Å². The van der Waals surface area contributed by atoms with Crippen LogP contribution < -0.4 is 16.4 Å². The summed E-state index contributed by atoms with van der Waals surface area (Å²) in [7, 11) is 0. The maximum absolute atomic E-state index is 11.9. The fraction of sp³-hybridized carbons (Fsp3) is 0.545. The van der Waals surface area contributed by atoms with Crippen molar-refractivity contribution in [3.05, 3.63) is 18.1 Å². The van der Waals surface area contributed by atoms with E-state index in [0.29, 0.717) is 6.04 Å². The van der Waals surface area contributed by atoms with E-state index in [2.05, 4.69) is 27.5 Å². The number of halogens is 2. The molecule has 0 aromatic carbocycles. The van der Waals surface area contributed by atoms with Gasteiger partial charge in [-0.05, 0) is 26.3 Å². The molecule has 4 N–H and O–H groups in total. The Morgan fingerprint density at radius 3 is 2.74 bits per heavy atom. The molecule has 1 aromatic heterocycles. The minimum absolute atomic E-state index is 0. The van der Waals surface area contributed by atoms with Crippen molar-refractivity contribution >= 4 is 36.5 Å². The first kappa shape index (κ1) is 17.9. The Hall–Kier alpha value is -1.11. The average Bonchev–Trinajstić information content (AvgIpc) is 2.29. The number of piperidine rings is 1. The number of hydrogen-bond donors (Lipinski definition) is 3. The van der Waals surface area contributed by atoms with Crippen molar-refractivity contribution in [3.8, 4) is 0 Å². The third-order valence-electron chi connectivity index (χ3n) is 2.90. The summed E-state index contributed by atoms with van der Waals surface area (Å²) in [6.45, 7) is 3.02. The highest BCUT2D eigenvalue weighted by Gasteiger charge is 2.21. The first-order valence-electron chi connectivity index (χ1n) is 5.77. The van der Waals surface area contributed by atoms with Crippen LogP contribution in [-0.4, -0.2) is 34.5 Å². The van der Waals surface area contributed by atoms with E-state index in [1.165, 1.54) is 12.4 Å². The van der Waals surface area contributed by atoms with Gasteiger partial charge in [-0.1, -0.05) is 0 Å². The van der Waals surface area contributed by atoms with Gasteiger partial charge in [0.2, 0.25) is 0 Å². The van der Waals surface area contributed by atoms with Crippen LogP contribution in [0.4, 0.5) is 5.82 Å². The Kier molecular flexibility index (Phi) is 7.66. The van der Waals surface area contributed by atoms with Gasteiger partial charge in [0.15, 0.2) is 11.5 Å². The Bertz CT molecular complexity index is 418. The molecule has 1 aliphatic heterocycles. The van der Waals surface area contributed by atoms with Gasteiger partial charge >= 0.3 is 0 Å². The minimum atomic E-state index is -0.241. The van der Waals surface area contributed by atoms with Crippen LogP contribution >= 0.6 is 24.8 Å². The first-order chi connectivity index (χ1) is 8.16. The Morgan fingerprint density at radius 2 is 2.11 bits per heavy atom. The molecule has 2 unspecified atom stereocenters. The van der Waals surface area contributed by atoms with Crippen molar-refractivity contribution in [2.45, 2.75) is 31.8 Å². The second-order valence-corrected chi connectivity index (χ2v) is 4.34. The van der Waals surface area contributed by atoms with E-state index in [0.717, 1.165) is 19.4 Å². The van der Waals surface area contributed by atoms with E-state index >= 15 is 0 Å². The average molecular weight is 308 g/mol. The molecule has 0 spiro atoms. The van der Waals surface area contributed by atoms with Crippen molar-refractivity contribution in [1.29, 1.82) is 0 Å². The van der Waals surface area contributed by atoms with Crippen LogP contribution in [0.25, 0.3) is 0 Å². The van der Waals surface area contributed by atoms with Crippen LogP contribution in [0.2, 0.25) is 0 Å². The molecule has 1 fully saturated rings. The lowest BCUT2D eigenvalue weighted by Crippen LogP contribution is -2.46. The van der Waals surface area contributed by atoms with E-state index in [9.17, 15) is 4.79 Å². The standard InChI is InChI=1S/C11H17N5O.2ClH/c1-7-6-8(2-3-13-7)16-11(17)9-10(12)15-5-4-14-9;;/h4-5,7-8,13H,2-3,6H2,1H3,(H2,12,15)(H,16,17);2*1H. The number of nitrogens with one attached hydrogen (secondary N) is 2. The van der Waals surface area contributed by atoms with Gasteiger partial charge in [-0.2, -0.15) is 0 Å². The second kappa shape index (κ2) is 8.14. The van der Waals surface area contributed by atoms with Crippen molar-refractivity contribution in [3.63, 3.8) is 0 Å². The number of nitrogens with zero attached hydrogens (tertiary/aromatic N) is 2. The monoisotopic (exact) mass is 307 g/mol. The highest BCUT2D eigenvalue weighted by molar-refractivity contribution is 5.96. The van der Waals surface area contributed by atoms with Crippen molar-refractivity contribution in [2.24, 2.45) is 0 Å². The zero-order chi connectivity index (χ0) is 12.3. The van der Waals surface area contributed by atoms with Crippen LogP contribution in [0.1, 0.15) is 30.3 Å². The van der Waals surface area contributed by atoms with Crippen LogP contribution in [0, 0.1) is 0 Å². The lowest BCUT2D eigenvalue weighted by molar-refractivity contribution is 0.0921. The number of amides is 1. The quantitative estimate of drug-likeness (QED) is 0.750. The molecule has 1 saturated heterocycles. The van der Waals surface area contributed by atoms with Gasteiger partial charge < -0.3 is 16.4 Å². The smallest absolute Gasteiger partial charge is 0.273 e. The van der Waals surface area contributed by atoms with Crippen LogP contribution in [0.5, 0.6) is 0 Å². The van der Waals surface area contributed by atoms with Gasteiger partial charge in [-0.15, -0.1) is 24.8 Å². The fourth-order valence-corrected chi connectivity index (χ4v) is 2.04. The highest BCUT2D eigenvalue weighted by atomic mass is 35.5. The molecule has 0 saturated carbocycles. The molecule has 2 heterocycles. The molecular weight excluding hydrogens is 289 g/mol. The van der Waals surface area contributed by atoms with E-state index in [1.807, 2.05) is 0 Å². The van der Waals surface area contributed by atoms with Crippen LogP contribution in [-0.2, 0) is 0 Å². The number of hydrogen-bond acceptors (Lipinski definition) is 5. The summed E-state index contributed by atoms with van der Waals surface area (Å²) in [6, 6.07) is 0.605. The maximum Gasteiger partial charge on any atom is 0.273 e. The fourth-order valence-electron chi connectivity index (χ4n) is 2.04. The summed E-state index contributed by atoms with van der Waals surface area (Å²) in [6.07, 6.45) is 4.79.